The Morgan fingerprint density at radius 1 is 1.32 bits per heavy atom. The number of rotatable bonds is 3. The summed E-state index contributed by atoms with van der Waals surface area (Å²) in [5, 5.41) is 4.77. The molecule has 2 aromatic rings. The van der Waals surface area contributed by atoms with Crippen molar-refractivity contribution in [2.45, 2.75) is 26.7 Å². The number of amides is 1. The number of pyridine rings is 1. The highest BCUT2D eigenvalue weighted by Crippen LogP contribution is 2.24. The lowest BCUT2D eigenvalue weighted by Gasteiger charge is -2.31. The predicted molar refractivity (Wildman–Crippen MR) is 89.9 cm³/mol. The first-order chi connectivity index (χ1) is 10.6. The highest BCUT2D eigenvalue weighted by Gasteiger charge is 2.20. The van der Waals surface area contributed by atoms with E-state index in [0.717, 1.165) is 43.7 Å². The van der Waals surface area contributed by atoms with Crippen LogP contribution < -0.4 is 5.32 Å². The molecule has 0 unspecified atom stereocenters. The van der Waals surface area contributed by atoms with Gasteiger partial charge in [0.1, 0.15) is 0 Å². The number of fused-ring (bicyclic) bond motifs is 1. The predicted octanol–water partition coefficient (Wildman–Crippen LogP) is 3.21. The number of carbonyl (C=O) groups excluding carboxylic acids is 1. The van der Waals surface area contributed by atoms with E-state index in [0.29, 0.717) is 5.92 Å². The van der Waals surface area contributed by atoms with E-state index in [-0.39, 0.29) is 5.91 Å². The van der Waals surface area contributed by atoms with E-state index in [1.807, 2.05) is 17.2 Å². The smallest absolute Gasteiger partial charge is 0.219 e. The molecule has 4 heteroatoms. The molecule has 116 valence electrons. The van der Waals surface area contributed by atoms with Gasteiger partial charge in [0.15, 0.2) is 0 Å². The average molecular weight is 297 g/mol. The minimum atomic E-state index is 0.196. The van der Waals surface area contributed by atoms with Crippen LogP contribution in [0.15, 0.2) is 30.5 Å². The summed E-state index contributed by atoms with van der Waals surface area (Å²) in [5.74, 6) is 0.825. The Morgan fingerprint density at radius 3 is 2.82 bits per heavy atom. The van der Waals surface area contributed by atoms with Crippen LogP contribution in [0.2, 0.25) is 0 Å². The second-order valence-electron chi connectivity index (χ2n) is 6.21. The molecule has 3 rings (SSSR count). The SMILES string of the molecule is CC(=O)N1CCC(CNc2ccnc3ccc(C)cc23)CC1. The van der Waals surface area contributed by atoms with Crippen molar-refractivity contribution in [3.8, 4) is 0 Å². The third-order valence-electron chi connectivity index (χ3n) is 4.54. The molecule has 0 aliphatic carbocycles. The van der Waals surface area contributed by atoms with E-state index in [4.69, 9.17) is 0 Å². The Balaban J connectivity index is 1.65. The molecule has 2 heterocycles. The van der Waals surface area contributed by atoms with Gasteiger partial charge in [-0.3, -0.25) is 9.78 Å². The summed E-state index contributed by atoms with van der Waals surface area (Å²) in [6, 6.07) is 8.40. The average Bonchev–Trinajstić information content (AvgIpc) is 2.53. The Bertz CT molecular complexity index is 675. The summed E-state index contributed by atoms with van der Waals surface area (Å²) >= 11 is 0. The molecule has 22 heavy (non-hydrogen) atoms. The Labute approximate surface area is 131 Å². The van der Waals surface area contributed by atoms with Crippen LogP contribution >= 0.6 is 0 Å². The molecule has 0 spiro atoms. The molecule has 1 amide bonds. The lowest BCUT2D eigenvalue weighted by Crippen LogP contribution is -2.38. The minimum Gasteiger partial charge on any atom is -0.384 e. The molecule has 1 aliphatic heterocycles. The number of nitrogens with zero attached hydrogens (tertiary/aromatic N) is 2. The summed E-state index contributed by atoms with van der Waals surface area (Å²) in [5.41, 5.74) is 3.43. The molecule has 4 nitrogen and oxygen atoms in total. The van der Waals surface area contributed by atoms with Crippen molar-refractivity contribution in [1.82, 2.24) is 9.88 Å². The summed E-state index contributed by atoms with van der Waals surface area (Å²) in [4.78, 5) is 17.7. The fourth-order valence-corrected chi connectivity index (χ4v) is 3.12. The van der Waals surface area contributed by atoms with E-state index >= 15 is 0 Å². The fourth-order valence-electron chi connectivity index (χ4n) is 3.12. The zero-order chi connectivity index (χ0) is 15.5. The normalized spacial score (nSPS) is 16.0. The summed E-state index contributed by atoms with van der Waals surface area (Å²) in [6.07, 6.45) is 4.02. The van der Waals surface area contributed by atoms with Crippen LogP contribution in [0.4, 0.5) is 5.69 Å². The molecule has 0 bridgehead atoms. The van der Waals surface area contributed by atoms with Gasteiger partial charge in [-0.1, -0.05) is 11.6 Å². The Kier molecular flexibility index (Phi) is 4.27. The van der Waals surface area contributed by atoms with Gasteiger partial charge in [0.25, 0.3) is 0 Å². The maximum atomic E-state index is 11.4. The fraction of sp³-hybridized carbons (Fsp3) is 0.444. The van der Waals surface area contributed by atoms with Gasteiger partial charge in [-0.15, -0.1) is 0 Å². The van der Waals surface area contributed by atoms with E-state index in [9.17, 15) is 4.79 Å². The molecule has 0 saturated carbocycles. The van der Waals surface area contributed by atoms with Crippen molar-refractivity contribution in [1.29, 1.82) is 0 Å². The van der Waals surface area contributed by atoms with Crippen molar-refractivity contribution in [2.75, 3.05) is 25.0 Å². The molecule has 1 aliphatic rings. The van der Waals surface area contributed by atoms with Crippen LogP contribution in [-0.2, 0) is 4.79 Å². The zero-order valence-corrected chi connectivity index (χ0v) is 13.3. The lowest BCUT2D eigenvalue weighted by atomic mass is 9.96. The Hall–Kier alpha value is -2.10. The molecule has 1 N–H and O–H groups in total. The first kappa shape index (κ1) is 14.8. The lowest BCUT2D eigenvalue weighted by molar-refractivity contribution is -0.130. The maximum absolute atomic E-state index is 11.4. The van der Waals surface area contributed by atoms with Gasteiger partial charge in [-0.2, -0.15) is 0 Å². The van der Waals surface area contributed by atoms with Crippen LogP contribution in [-0.4, -0.2) is 35.4 Å². The molecular formula is C18H23N3O. The second kappa shape index (κ2) is 6.34. The molecular weight excluding hydrogens is 274 g/mol. The van der Waals surface area contributed by atoms with E-state index < -0.39 is 0 Å². The van der Waals surface area contributed by atoms with E-state index in [2.05, 4.69) is 35.4 Å². The van der Waals surface area contributed by atoms with Crippen molar-refractivity contribution in [3.05, 3.63) is 36.0 Å². The van der Waals surface area contributed by atoms with Gasteiger partial charge in [-0.05, 0) is 43.9 Å². The summed E-state index contributed by atoms with van der Waals surface area (Å²) in [7, 11) is 0. The standard InChI is InChI=1S/C18H23N3O/c1-13-3-4-17-16(11-13)18(5-8-19-17)20-12-15-6-9-21(10-7-15)14(2)22/h3-5,8,11,15H,6-7,9-10,12H2,1-2H3,(H,19,20). The van der Waals surface area contributed by atoms with Crippen LogP contribution in [0, 0.1) is 12.8 Å². The number of hydrogen-bond donors (Lipinski definition) is 1. The number of anilines is 1. The van der Waals surface area contributed by atoms with Gasteiger partial charge >= 0.3 is 0 Å². The zero-order valence-electron chi connectivity index (χ0n) is 13.3. The van der Waals surface area contributed by atoms with Crippen molar-refractivity contribution >= 4 is 22.5 Å². The third-order valence-corrected chi connectivity index (χ3v) is 4.54. The number of carbonyl (C=O) groups is 1. The number of likely N-dealkylation sites (tertiary alicyclic amines) is 1. The molecule has 0 atom stereocenters. The second-order valence-corrected chi connectivity index (χ2v) is 6.21. The summed E-state index contributed by atoms with van der Waals surface area (Å²) < 4.78 is 0. The van der Waals surface area contributed by atoms with Crippen LogP contribution in [0.5, 0.6) is 0 Å². The monoisotopic (exact) mass is 297 g/mol. The van der Waals surface area contributed by atoms with Gasteiger partial charge < -0.3 is 10.2 Å². The van der Waals surface area contributed by atoms with E-state index in [1.165, 1.54) is 10.9 Å². The molecule has 0 radical (unpaired) electrons. The molecule has 1 saturated heterocycles. The number of aromatic nitrogens is 1. The van der Waals surface area contributed by atoms with Crippen molar-refractivity contribution in [3.63, 3.8) is 0 Å². The Morgan fingerprint density at radius 2 is 2.09 bits per heavy atom. The number of benzene rings is 1. The third kappa shape index (κ3) is 3.21. The maximum Gasteiger partial charge on any atom is 0.219 e. The first-order valence-electron chi connectivity index (χ1n) is 7.98. The summed E-state index contributed by atoms with van der Waals surface area (Å²) in [6.45, 7) is 6.49. The quantitative estimate of drug-likeness (QED) is 0.946. The molecule has 1 aromatic heterocycles. The van der Waals surface area contributed by atoms with Gasteiger partial charge in [0, 0.05) is 43.8 Å². The van der Waals surface area contributed by atoms with Crippen LogP contribution in [0.3, 0.4) is 0 Å². The number of nitrogens with one attached hydrogen (secondary N) is 1. The molecule has 1 aromatic carbocycles. The number of aryl methyl sites for hydroxylation is 1. The highest BCUT2D eigenvalue weighted by atomic mass is 16.2. The van der Waals surface area contributed by atoms with Gasteiger partial charge in [0.05, 0.1) is 5.52 Å². The van der Waals surface area contributed by atoms with Gasteiger partial charge in [0.2, 0.25) is 5.91 Å². The van der Waals surface area contributed by atoms with Crippen LogP contribution in [0.1, 0.15) is 25.3 Å². The van der Waals surface area contributed by atoms with Crippen molar-refractivity contribution in [2.24, 2.45) is 5.92 Å². The number of hydrogen-bond acceptors (Lipinski definition) is 3. The molecule has 1 fully saturated rings. The number of piperidine rings is 1. The highest BCUT2D eigenvalue weighted by molar-refractivity contribution is 5.91. The van der Waals surface area contributed by atoms with E-state index in [1.54, 1.807) is 6.92 Å². The topological polar surface area (TPSA) is 45.2 Å². The minimum absolute atomic E-state index is 0.196. The van der Waals surface area contributed by atoms with Gasteiger partial charge in [-0.25, -0.2) is 0 Å². The largest absolute Gasteiger partial charge is 0.384 e. The first-order valence-corrected chi connectivity index (χ1v) is 7.98. The van der Waals surface area contributed by atoms with Crippen LogP contribution in [0.25, 0.3) is 10.9 Å². The van der Waals surface area contributed by atoms with Crippen molar-refractivity contribution < 1.29 is 4.79 Å².